The molecule has 0 bridgehead atoms. The van der Waals surface area contributed by atoms with Crippen LogP contribution in [0.15, 0.2) is 24.3 Å². The largest absolute Gasteiger partial charge is 0.383 e. The van der Waals surface area contributed by atoms with Crippen molar-refractivity contribution in [3.63, 3.8) is 0 Å². The van der Waals surface area contributed by atoms with E-state index in [1.54, 1.807) is 7.11 Å². The maximum absolute atomic E-state index is 12.3. The minimum Gasteiger partial charge on any atom is -0.383 e. The fourth-order valence-electron chi connectivity index (χ4n) is 2.35. The molecule has 1 saturated heterocycles. The molecule has 1 aromatic rings. The van der Waals surface area contributed by atoms with Crippen LogP contribution in [0.5, 0.6) is 0 Å². The summed E-state index contributed by atoms with van der Waals surface area (Å²) in [5.41, 5.74) is 1.01. The summed E-state index contributed by atoms with van der Waals surface area (Å²) in [5.74, 6) is 0.129. The average Bonchev–Trinajstić information content (AvgIpc) is 2.73. The van der Waals surface area contributed by atoms with Crippen molar-refractivity contribution >= 4 is 17.5 Å². The van der Waals surface area contributed by atoms with Crippen molar-refractivity contribution in [3.05, 3.63) is 34.9 Å². The smallest absolute Gasteiger partial charge is 0.241 e. The molecule has 1 aliphatic rings. The molecule has 5 heteroatoms. The zero-order valence-electron chi connectivity index (χ0n) is 11.2. The second-order valence-electron chi connectivity index (χ2n) is 4.61. The van der Waals surface area contributed by atoms with Gasteiger partial charge in [0.05, 0.1) is 12.6 Å². The molecule has 1 aliphatic heterocycles. The minimum absolute atomic E-state index is 0.119. The second kappa shape index (κ2) is 6.37. The van der Waals surface area contributed by atoms with E-state index in [4.69, 9.17) is 16.3 Å². The van der Waals surface area contributed by atoms with Crippen LogP contribution >= 0.6 is 11.6 Å². The van der Waals surface area contributed by atoms with Gasteiger partial charge in [-0.1, -0.05) is 30.7 Å². The maximum Gasteiger partial charge on any atom is 0.241 e. The van der Waals surface area contributed by atoms with E-state index in [2.05, 4.69) is 5.32 Å². The number of benzene rings is 1. The van der Waals surface area contributed by atoms with Gasteiger partial charge in [-0.15, -0.1) is 0 Å². The summed E-state index contributed by atoms with van der Waals surface area (Å²) < 4.78 is 5.08. The molecule has 104 valence electrons. The molecule has 1 N–H and O–H groups in total. The van der Waals surface area contributed by atoms with Crippen LogP contribution in [0.25, 0.3) is 0 Å². The number of rotatable bonds is 5. The molecule has 1 aromatic carbocycles. The topological polar surface area (TPSA) is 41.6 Å². The van der Waals surface area contributed by atoms with Gasteiger partial charge in [0.2, 0.25) is 5.91 Å². The Labute approximate surface area is 118 Å². The van der Waals surface area contributed by atoms with Gasteiger partial charge < -0.3 is 9.64 Å². The van der Waals surface area contributed by atoms with E-state index >= 15 is 0 Å². The first-order chi connectivity index (χ1) is 9.17. The van der Waals surface area contributed by atoms with E-state index in [1.165, 1.54) is 0 Å². The van der Waals surface area contributed by atoms with Gasteiger partial charge in [0, 0.05) is 18.7 Å². The van der Waals surface area contributed by atoms with Crippen molar-refractivity contribution in [1.29, 1.82) is 0 Å². The van der Waals surface area contributed by atoms with Gasteiger partial charge in [0.25, 0.3) is 0 Å². The molecule has 0 aromatic heterocycles. The standard InChI is InChI=1S/C14H19ClN2O2/c1-3-12-14(18)17(7-8-19-2)13(16-12)10-5-4-6-11(15)9-10/h4-6,9,12-13,16H,3,7-8H2,1-2H3. The van der Waals surface area contributed by atoms with E-state index < -0.39 is 0 Å². The molecule has 0 saturated carbocycles. The predicted octanol–water partition coefficient (Wildman–Crippen LogP) is 2.20. The second-order valence-corrected chi connectivity index (χ2v) is 5.05. The first-order valence-corrected chi connectivity index (χ1v) is 6.86. The number of methoxy groups -OCH3 is 1. The van der Waals surface area contributed by atoms with Crippen LogP contribution in [0.3, 0.4) is 0 Å². The van der Waals surface area contributed by atoms with Crippen molar-refractivity contribution in [1.82, 2.24) is 10.2 Å². The highest BCUT2D eigenvalue weighted by Gasteiger charge is 2.38. The van der Waals surface area contributed by atoms with Crippen molar-refractivity contribution in [2.45, 2.75) is 25.6 Å². The van der Waals surface area contributed by atoms with Gasteiger partial charge >= 0.3 is 0 Å². The third-order valence-electron chi connectivity index (χ3n) is 3.36. The summed E-state index contributed by atoms with van der Waals surface area (Å²) in [6.45, 7) is 3.11. The zero-order chi connectivity index (χ0) is 13.8. The van der Waals surface area contributed by atoms with E-state index in [9.17, 15) is 4.79 Å². The van der Waals surface area contributed by atoms with Gasteiger partial charge in [-0.05, 0) is 24.1 Å². The lowest BCUT2D eigenvalue weighted by Gasteiger charge is -2.24. The van der Waals surface area contributed by atoms with Gasteiger partial charge in [0.1, 0.15) is 6.17 Å². The Morgan fingerprint density at radius 2 is 2.26 bits per heavy atom. The monoisotopic (exact) mass is 282 g/mol. The Morgan fingerprint density at radius 1 is 1.47 bits per heavy atom. The Bertz CT molecular complexity index is 453. The first-order valence-electron chi connectivity index (χ1n) is 6.48. The summed E-state index contributed by atoms with van der Waals surface area (Å²) in [5, 5.41) is 4.03. The molecule has 0 radical (unpaired) electrons. The van der Waals surface area contributed by atoms with Crippen LogP contribution in [0.1, 0.15) is 25.1 Å². The molecule has 2 unspecified atom stereocenters. The summed E-state index contributed by atoms with van der Waals surface area (Å²) in [6.07, 6.45) is 0.658. The van der Waals surface area contributed by atoms with Gasteiger partial charge in [-0.2, -0.15) is 0 Å². The molecule has 0 spiro atoms. The van der Waals surface area contributed by atoms with Crippen LogP contribution < -0.4 is 5.32 Å². The van der Waals surface area contributed by atoms with E-state index in [1.807, 2.05) is 36.1 Å². The molecular formula is C14H19ClN2O2. The van der Waals surface area contributed by atoms with Crippen molar-refractivity contribution in [2.24, 2.45) is 0 Å². The third-order valence-corrected chi connectivity index (χ3v) is 3.60. The number of amides is 1. The van der Waals surface area contributed by atoms with Crippen molar-refractivity contribution in [3.8, 4) is 0 Å². The highest BCUT2D eigenvalue weighted by molar-refractivity contribution is 6.30. The van der Waals surface area contributed by atoms with Gasteiger partial charge in [0.15, 0.2) is 0 Å². The van der Waals surface area contributed by atoms with Crippen LogP contribution in [-0.4, -0.2) is 37.1 Å². The molecule has 1 fully saturated rings. The fourth-order valence-corrected chi connectivity index (χ4v) is 2.55. The lowest BCUT2D eigenvalue weighted by Crippen LogP contribution is -2.33. The SMILES string of the molecule is CCC1NC(c2cccc(Cl)c2)N(CCOC)C1=O. The lowest BCUT2D eigenvalue weighted by molar-refractivity contribution is -0.130. The van der Waals surface area contributed by atoms with Crippen LogP contribution in [-0.2, 0) is 9.53 Å². The zero-order valence-corrected chi connectivity index (χ0v) is 12.0. The number of nitrogens with one attached hydrogen (secondary N) is 1. The predicted molar refractivity (Wildman–Crippen MR) is 75.0 cm³/mol. The highest BCUT2D eigenvalue weighted by atomic mass is 35.5. The van der Waals surface area contributed by atoms with E-state index in [0.717, 1.165) is 12.0 Å². The molecule has 1 heterocycles. The highest BCUT2D eigenvalue weighted by Crippen LogP contribution is 2.27. The molecule has 0 aliphatic carbocycles. The van der Waals surface area contributed by atoms with Crippen molar-refractivity contribution < 1.29 is 9.53 Å². The van der Waals surface area contributed by atoms with Gasteiger partial charge in [-0.3, -0.25) is 10.1 Å². The van der Waals surface area contributed by atoms with Crippen molar-refractivity contribution in [2.75, 3.05) is 20.3 Å². The molecular weight excluding hydrogens is 264 g/mol. The molecule has 2 rings (SSSR count). The summed E-state index contributed by atoms with van der Waals surface area (Å²) >= 11 is 6.03. The third kappa shape index (κ3) is 3.08. The Hall–Kier alpha value is -1.10. The summed E-state index contributed by atoms with van der Waals surface area (Å²) in [7, 11) is 1.64. The van der Waals surface area contributed by atoms with Gasteiger partial charge in [-0.25, -0.2) is 0 Å². The summed E-state index contributed by atoms with van der Waals surface area (Å²) in [4.78, 5) is 14.1. The number of hydrogen-bond acceptors (Lipinski definition) is 3. The van der Waals surface area contributed by atoms with Crippen LogP contribution in [0.4, 0.5) is 0 Å². The Morgan fingerprint density at radius 3 is 2.89 bits per heavy atom. The summed E-state index contributed by atoms with van der Waals surface area (Å²) in [6, 6.07) is 7.48. The molecule has 1 amide bonds. The normalized spacial score (nSPS) is 23.1. The minimum atomic E-state index is -0.124. The first kappa shape index (κ1) is 14.3. The number of hydrogen-bond donors (Lipinski definition) is 1. The number of carbonyl (C=O) groups is 1. The molecule has 4 nitrogen and oxygen atoms in total. The number of carbonyl (C=O) groups excluding carboxylic acids is 1. The average molecular weight is 283 g/mol. The number of ether oxygens (including phenoxy) is 1. The molecule has 19 heavy (non-hydrogen) atoms. The fraction of sp³-hybridized carbons (Fsp3) is 0.500. The quantitative estimate of drug-likeness (QED) is 0.900. The maximum atomic E-state index is 12.3. The Kier molecular flexibility index (Phi) is 4.80. The lowest BCUT2D eigenvalue weighted by atomic mass is 10.1. The van der Waals surface area contributed by atoms with Crippen LogP contribution in [0.2, 0.25) is 5.02 Å². The number of nitrogens with zero attached hydrogens (tertiary/aromatic N) is 1. The van der Waals surface area contributed by atoms with Crippen LogP contribution in [0, 0.1) is 0 Å². The molecule has 2 atom stereocenters. The number of halogens is 1. The van der Waals surface area contributed by atoms with E-state index in [-0.39, 0.29) is 18.1 Å². The Balaban J connectivity index is 2.23. The van der Waals surface area contributed by atoms with E-state index in [0.29, 0.717) is 18.2 Å².